The van der Waals surface area contributed by atoms with Gasteiger partial charge in [-0.25, -0.2) is 0 Å². The second kappa shape index (κ2) is 7.08. The molecule has 0 radical (unpaired) electrons. The molecule has 1 unspecified atom stereocenters. The zero-order chi connectivity index (χ0) is 15.3. The minimum atomic E-state index is -0.690. The van der Waals surface area contributed by atoms with E-state index in [4.69, 9.17) is 10.5 Å². The zero-order valence-corrected chi connectivity index (χ0v) is 13.2. The lowest BCUT2D eigenvalue weighted by molar-refractivity contribution is -0.148. The summed E-state index contributed by atoms with van der Waals surface area (Å²) in [6.45, 7) is 2.35. The molecule has 0 heterocycles. The summed E-state index contributed by atoms with van der Waals surface area (Å²) in [4.78, 5) is 12.5. The van der Waals surface area contributed by atoms with E-state index in [1.54, 1.807) is 0 Å². The van der Waals surface area contributed by atoms with E-state index >= 15 is 0 Å². The number of methoxy groups -OCH3 is 1. The maximum absolute atomic E-state index is 12.5. The van der Waals surface area contributed by atoms with Gasteiger partial charge in [-0.05, 0) is 24.8 Å². The highest BCUT2D eigenvalue weighted by molar-refractivity contribution is 5.83. The summed E-state index contributed by atoms with van der Waals surface area (Å²) in [6.07, 6.45) is 7.05. The summed E-state index contributed by atoms with van der Waals surface area (Å²) in [6, 6.07) is 8.15. The molecule has 1 aliphatic rings. The standard InChI is InChI=1S/C18H27NO2/c1-14-8-10-16(11-9-14)18(13-19,17(20)21-2)12-15-6-4-3-5-7-15/h8-11,15H,3-7,12-13,19H2,1-2H3. The third-order valence-corrected chi connectivity index (χ3v) is 4.89. The molecule has 1 aliphatic carbocycles. The maximum atomic E-state index is 12.5. The van der Waals surface area contributed by atoms with Crippen LogP contribution in [0.15, 0.2) is 24.3 Å². The highest BCUT2D eigenvalue weighted by atomic mass is 16.5. The average molecular weight is 289 g/mol. The van der Waals surface area contributed by atoms with Gasteiger partial charge in [0.05, 0.1) is 7.11 Å². The number of carbonyl (C=O) groups is 1. The van der Waals surface area contributed by atoms with E-state index in [9.17, 15) is 4.79 Å². The molecule has 3 heteroatoms. The third kappa shape index (κ3) is 3.46. The first-order valence-electron chi connectivity index (χ1n) is 7.98. The molecule has 1 aromatic carbocycles. The van der Waals surface area contributed by atoms with Gasteiger partial charge in [0.1, 0.15) is 5.41 Å². The van der Waals surface area contributed by atoms with Crippen LogP contribution < -0.4 is 5.73 Å². The Morgan fingerprint density at radius 2 is 1.86 bits per heavy atom. The molecular weight excluding hydrogens is 262 g/mol. The van der Waals surface area contributed by atoms with Gasteiger partial charge >= 0.3 is 5.97 Å². The number of nitrogens with two attached hydrogens (primary N) is 1. The molecule has 0 saturated heterocycles. The Labute approximate surface area is 127 Å². The minimum absolute atomic E-state index is 0.195. The number of esters is 1. The fourth-order valence-corrected chi connectivity index (χ4v) is 3.56. The zero-order valence-electron chi connectivity index (χ0n) is 13.2. The first-order valence-corrected chi connectivity index (χ1v) is 7.98. The molecule has 2 rings (SSSR count). The Morgan fingerprint density at radius 1 is 1.24 bits per heavy atom. The number of hydrogen-bond donors (Lipinski definition) is 1. The molecule has 0 aromatic heterocycles. The van der Waals surface area contributed by atoms with Gasteiger partial charge in [0.15, 0.2) is 0 Å². The summed E-state index contributed by atoms with van der Waals surface area (Å²) >= 11 is 0. The van der Waals surface area contributed by atoms with Crippen LogP contribution in [-0.4, -0.2) is 19.6 Å². The van der Waals surface area contributed by atoms with Gasteiger partial charge in [-0.2, -0.15) is 0 Å². The van der Waals surface area contributed by atoms with Crippen molar-refractivity contribution in [2.75, 3.05) is 13.7 Å². The highest BCUT2D eigenvalue weighted by Gasteiger charge is 2.42. The van der Waals surface area contributed by atoms with Gasteiger partial charge in [0.25, 0.3) is 0 Å². The lowest BCUT2D eigenvalue weighted by Gasteiger charge is -2.35. The van der Waals surface area contributed by atoms with Crippen LogP contribution in [-0.2, 0) is 14.9 Å². The van der Waals surface area contributed by atoms with E-state index in [2.05, 4.69) is 0 Å². The molecule has 1 aromatic rings. The molecule has 21 heavy (non-hydrogen) atoms. The lowest BCUT2D eigenvalue weighted by Crippen LogP contribution is -2.45. The summed E-state index contributed by atoms with van der Waals surface area (Å²) in [5.41, 5.74) is 7.56. The number of hydrogen-bond acceptors (Lipinski definition) is 3. The van der Waals surface area contributed by atoms with Crippen LogP contribution in [0.2, 0.25) is 0 Å². The fraction of sp³-hybridized carbons (Fsp3) is 0.611. The van der Waals surface area contributed by atoms with Crippen LogP contribution in [0.5, 0.6) is 0 Å². The van der Waals surface area contributed by atoms with Crippen LogP contribution in [0.1, 0.15) is 49.7 Å². The number of carbonyl (C=O) groups excluding carboxylic acids is 1. The smallest absolute Gasteiger partial charge is 0.317 e. The van der Waals surface area contributed by atoms with Gasteiger partial charge in [-0.1, -0.05) is 61.9 Å². The van der Waals surface area contributed by atoms with Crippen molar-refractivity contribution < 1.29 is 9.53 Å². The third-order valence-electron chi connectivity index (χ3n) is 4.89. The molecule has 1 atom stereocenters. The van der Waals surface area contributed by atoms with Gasteiger partial charge in [0, 0.05) is 6.54 Å². The summed E-state index contributed by atoms with van der Waals surface area (Å²) in [5.74, 6) is 0.377. The Balaban J connectivity index is 2.32. The van der Waals surface area contributed by atoms with E-state index in [1.165, 1.54) is 44.8 Å². The predicted octanol–water partition coefficient (Wildman–Crippen LogP) is 3.33. The Kier molecular flexibility index (Phi) is 5.40. The van der Waals surface area contributed by atoms with E-state index in [-0.39, 0.29) is 5.97 Å². The fourth-order valence-electron chi connectivity index (χ4n) is 3.56. The van der Waals surface area contributed by atoms with Crippen LogP contribution in [0.3, 0.4) is 0 Å². The Morgan fingerprint density at radius 3 is 2.38 bits per heavy atom. The Hall–Kier alpha value is -1.35. The molecule has 0 spiro atoms. The predicted molar refractivity (Wildman–Crippen MR) is 85.1 cm³/mol. The summed E-state index contributed by atoms with van der Waals surface area (Å²) < 4.78 is 5.11. The largest absolute Gasteiger partial charge is 0.468 e. The van der Waals surface area contributed by atoms with Crippen molar-refractivity contribution in [2.45, 2.75) is 50.9 Å². The molecule has 0 bridgehead atoms. The molecule has 3 nitrogen and oxygen atoms in total. The van der Waals surface area contributed by atoms with Crippen molar-refractivity contribution in [3.8, 4) is 0 Å². The van der Waals surface area contributed by atoms with E-state index in [1.807, 2.05) is 31.2 Å². The maximum Gasteiger partial charge on any atom is 0.317 e. The number of aryl methyl sites for hydroxylation is 1. The quantitative estimate of drug-likeness (QED) is 0.846. The van der Waals surface area contributed by atoms with Gasteiger partial charge in [-0.3, -0.25) is 4.79 Å². The van der Waals surface area contributed by atoms with Crippen molar-refractivity contribution in [3.63, 3.8) is 0 Å². The van der Waals surface area contributed by atoms with E-state index in [0.717, 1.165) is 12.0 Å². The van der Waals surface area contributed by atoms with Crippen LogP contribution in [0.25, 0.3) is 0 Å². The topological polar surface area (TPSA) is 52.3 Å². The average Bonchev–Trinajstić information content (AvgIpc) is 2.54. The number of ether oxygens (including phenoxy) is 1. The monoisotopic (exact) mass is 289 g/mol. The van der Waals surface area contributed by atoms with Gasteiger partial charge < -0.3 is 10.5 Å². The second-order valence-corrected chi connectivity index (χ2v) is 6.35. The van der Waals surface area contributed by atoms with Gasteiger partial charge in [0.2, 0.25) is 0 Å². The van der Waals surface area contributed by atoms with Crippen molar-refractivity contribution in [1.82, 2.24) is 0 Å². The molecule has 116 valence electrons. The molecular formula is C18H27NO2. The second-order valence-electron chi connectivity index (χ2n) is 6.35. The minimum Gasteiger partial charge on any atom is -0.468 e. The molecule has 2 N–H and O–H groups in total. The van der Waals surface area contributed by atoms with E-state index < -0.39 is 5.41 Å². The first kappa shape index (κ1) is 16.0. The van der Waals surface area contributed by atoms with Crippen LogP contribution >= 0.6 is 0 Å². The summed E-state index contributed by atoms with van der Waals surface area (Å²) in [5, 5.41) is 0. The van der Waals surface area contributed by atoms with Crippen molar-refractivity contribution in [3.05, 3.63) is 35.4 Å². The van der Waals surface area contributed by atoms with Crippen LogP contribution in [0, 0.1) is 12.8 Å². The van der Waals surface area contributed by atoms with Crippen molar-refractivity contribution >= 4 is 5.97 Å². The van der Waals surface area contributed by atoms with Crippen LogP contribution in [0.4, 0.5) is 0 Å². The molecule has 1 fully saturated rings. The molecule has 1 saturated carbocycles. The number of rotatable bonds is 5. The highest BCUT2D eigenvalue weighted by Crippen LogP contribution is 2.37. The van der Waals surface area contributed by atoms with Crippen molar-refractivity contribution in [1.29, 1.82) is 0 Å². The lowest BCUT2D eigenvalue weighted by atomic mass is 9.70. The van der Waals surface area contributed by atoms with E-state index in [0.29, 0.717) is 12.5 Å². The number of benzene rings is 1. The van der Waals surface area contributed by atoms with Gasteiger partial charge in [-0.15, -0.1) is 0 Å². The SMILES string of the molecule is COC(=O)C(CN)(CC1CCCCC1)c1ccc(C)cc1. The molecule has 0 aliphatic heterocycles. The molecule has 0 amide bonds. The Bertz CT molecular complexity index is 463. The summed E-state index contributed by atoms with van der Waals surface area (Å²) in [7, 11) is 1.46. The normalized spacial score (nSPS) is 19.0. The van der Waals surface area contributed by atoms with Crippen molar-refractivity contribution in [2.24, 2.45) is 11.7 Å². The first-order chi connectivity index (χ1) is 10.1.